The average Bonchev–Trinajstić information content (AvgIpc) is 3.08. The Kier molecular flexibility index (Phi) is 8.24. The number of fused-ring (bicyclic) bond motifs is 1. The van der Waals surface area contributed by atoms with E-state index in [4.69, 9.17) is 9.88 Å². The predicted molar refractivity (Wildman–Crippen MR) is 123 cm³/mol. The molecule has 0 saturated heterocycles. The Morgan fingerprint density at radius 1 is 1.22 bits per heavy atom. The molecule has 8 nitrogen and oxygen atoms in total. The molecule has 3 rings (SSSR count). The number of benzene rings is 1. The Labute approximate surface area is 192 Å². The van der Waals surface area contributed by atoms with Gasteiger partial charge in [0.2, 0.25) is 10.0 Å². The molecule has 1 amide bonds. The Bertz CT molecular complexity index is 1140. The third-order valence-corrected chi connectivity index (χ3v) is 7.90. The first-order valence-electron chi connectivity index (χ1n) is 11.1. The van der Waals surface area contributed by atoms with Crippen LogP contribution in [0.1, 0.15) is 58.8 Å². The van der Waals surface area contributed by atoms with Crippen LogP contribution >= 0.6 is 11.3 Å². The van der Waals surface area contributed by atoms with Crippen LogP contribution in [0.4, 0.5) is 0 Å². The summed E-state index contributed by atoms with van der Waals surface area (Å²) in [6.07, 6.45) is 7.37. The molecule has 1 aromatic carbocycles. The molecule has 2 N–H and O–H groups in total. The summed E-state index contributed by atoms with van der Waals surface area (Å²) in [5.41, 5.74) is 0.602. The zero-order valence-electron chi connectivity index (χ0n) is 18.6. The van der Waals surface area contributed by atoms with Gasteiger partial charge in [-0.2, -0.15) is 4.99 Å². The van der Waals surface area contributed by atoms with E-state index in [0.717, 1.165) is 25.7 Å². The topological polar surface area (TPSA) is 121 Å². The lowest BCUT2D eigenvalue weighted by Gasteiger charge is -2.26. The molecule has 1 aliphatic rings. The van der Waals surface area contributed by atoms with Gasteiger partial charge in [0.25, 0.3) is 5.91 Å². The number of rotatable bonds is 8. The fourth-order valence-corrected chi connectivity index (χ4v) is 5.87. The van der Waals surface area contributed by atoms with E-state index in [1.165, 1.54) is 42.7 Å². The molecular weight excluding hydrogens is 450 g/mol. The SMILES string of the molecule is CCCCC1CCC(C(=O)N=c2sc3cc(S(N)(=O)=O)ccc3n2CC(=O)OCC)CC1. The van der Waals surface area contributed by atoms with Crippen molar-refractivity contribution in [3.05, 3.63) is 23.0 Å². The number of aromatic nitrogens is 1. The van der Waals surface area contributed by atoms with Gasteiger partial charge in [0.1, 0.15) is 6.54 Å². The predicted octanol–water partition coefficient (Wildman–Crippen LogP) is 3.34. The molecular formula is C22H31N3O5S2. The summed E-state index contributed by atoms with van der Waals surface area (Å²) in [6.45, 7) is 4.04. The highest BCUT2D eigenvalue weighted by atomic mass is 32.2. The highest BCUT2D eigenvalue weighted by Gasteiger charge is 2.26. The number of thiazole rings is 1. The van der Waals surface area contributed by atoms with Crippen molar-refractivity contribution in [3.8, 4) is 0 Å². The van der Waals surface area contributed by atoms with Gasteiger partial charge in [0, 0.05) is 5.92 Å². The number of carbonyl (C=O) groups is 2. The molecule has 0 atom stereocenters. The third kappa shape index (κ3) is 6.05. The number of esters is 1. The molecule has 0 radical (unpaired) electrons. The number of unbranched alkanes of at least 4 members (excludes halogenated alkanes) is 1. The van der Waals surface area contributed by atoms with Gasteiger partial charge in [-0.3, -0.25) is 9.59 Å². The number of hydrogen-bond donors (Lipinski definition) is 1. The van der Waals surface area contributed by atoms with Crippen LogP contribution in [-0.4, -0.2) is 31.5 Å². The van der Waals surface area contributed by atoms with Gasteiger partial charge in [-0.15, -0.1) is 0 Å². The van der Waals surface area contributed by atoms with Crippen LogP contribution in [0.5, 0.6) is 0 Å². The Morgan fingerprint density at radius 3 is 2.56 bits per heavy atom. The summed E-state index contributed by atoms with van der Waals surface area (Å²) in [5.74, 6) is -0.0642. The van der Waals surface area contributed by atoms with Crippen molar-refractivity contribution in [2.24, 2.45) is 22.0 Å². The second-order valence-electron chi connectivity index (χ2n) is 8.26. The zero-order chi connectivity index (χ0) is 23.3. The van der Waals surface area contributed by atoms with Crippen molar-refractivity contribution in [1.82, 2.24) is 4.57 Å². The number of hydrogen-bond acceptors (Lipinski definition) is 6. The van der Waals surface area contributed by atoms with Crippen LogP contribution in [0.3, 0.4) is 0 Å². The van der Waals surface area contributed by atoms with Crippen LogP contribution < -0.4 is 9.94 Å². The number of nitrogens with two attached hydrogens (primary N) is 1. The molecule has 0 spiro atoms. The van der Waals surface area contributed by atoms with Crippen LogP contribution in [-0.2, 0) is 30.9 Å². The molecule has 1 heterocycles. The van der Waals surface area contributed by atoms with Crippen molar-refractivity contribution in [3.63, 3.8) is 0 Å². The third-order valence-electron chi connectivity index (χ3n) is 5.94. The number of carbonyl (C=O) groups excluding carboxylic acids is 2. The first-order chi connectivity index (χ1) is 15.2. The van der Waals surface area contributed by atoms with E-state index < -0.39 is 16.0 Å². The maximum atomic E-state index is 12.9. The van der Waals surface area contributed by atoms with Crippen LogP contribution in [0.25, 0.3) is 10.2 Å². The second-order valence-corrected chi connectivity index (χ2v) is 10.8. The van der Waals surface area contributed by atoms with Crippen LogP contribution in [0.15, 0.2) is 28.1 Å². The number of nitrogens with zero attached hydrogens (tertiary/aromatic N) is 2. The first-order valence-corrected chi connectivity index (χ1v) is 13.5. The van der Waals surface area contributed by atoms with Gasteiger partial charge in [0.15, 0.2) is 4.80 Å². The summed E-state index contributed by atoms with van der Waals surface area (Å²) in [4.78, 5) is 29.8. The van der Waals surface area contributed by atoms with Crippen molar-refractivity contribution >= 4 is 43.5 Å². The standard InChI is InChI=1S/C22H31N3O5S2/c1-3-5-6-15-7-9-16(10-8-15)21(27)24-22-25(14-20(26)30-4-2)18-12-11-17(32(23,28)29)13-19(18)31-22/h11-13,15-16H,3-10,14H2,1-2H3,(H2,23,28,29). The smallest absolute Gasteiger partial charge is 0.326 e. The van der Waals surface area contributed by atoms with E-state index in [1.54, 1.807) is 17.6 Å². The number of amides is 1. The molecule has 10 heteroatoms. The van der Waals surface area contributed by atoms with Gasteiger partial charge in [-0.1, -0.05) is 37.5 Å². The van der Waals surface area contributed by atoms with Crippen LogP contribution in [0.2, 0.25) is 0 Å². The van der Waals surface area contributed by atoms with E-state index >= 15 is 0 Å². The average molecular weight is 482 g/mol. The Morgan fingerprint density at radius 2 is 1.94 bits per heavy atom. The van der Waals surface area contributed by atoms with Crippen LogP contribution in [0, 0.1) is 11.8 Å². The molecule has 32 heavy (non-hydrogen) atoms. The molecule has 1 aliphatic carbocycles. The van der Waals surface area contributed by atoms with Crippen molar-refractivity contribution in [2.45, 2.75) is 70.2 Å². The summed E-state index contributed by atoms with van der Waals surface area (Å²) < 4.78 is 30.7. The minimum Gasteiger partial charge on any atom is -0.465 e. The normalized spacial score (nSPS) is 19.9. The van der Waals surface area contributed by atoms with Crippen molar-refractivity contribution in [2.75, 3.05) is 6.61 Å². The van der Waals surface area contributed by atoms with Crippen molar-refractivity contribution < 1.29 is 22.7 Å². The number of sulfonamides is 1. The molecule has 176 valence electrons. The molecule has 0 unspecified atom stereocenters. The summed E-state index contributed by atoms with van der Waals surface area (Å²) in [5, 5.41) is 5.25. The largest absolute Gasteiger partial charge is 0.465 e. The molecule has 1 fully saturated rings. The second kappa shape index (κ2) is 10.7. The van der Waals surface area contributed by atoms with E-state index in [2.05, 4.69) is 11.9 Å². The maximum absolute atomic E-state index is 12.9. The summed E-state index contributed by atoms with van der Waals surface area (Å²) in [7, 11) is -3.87. The van der Waals surface area contributed by atoms with E-state index in [-0.39, 0.29) is 29.9 Å². The van der Waals surface area contributed by atoms with E-state index in [9.17, 15) is 18.0 Å². The Balaban J connectivity index is 1.92. The molecule has 1 saturated carbocycles. The van der Waals surface area contributed by atoms with E-state index in [0.29, 0.717) is 20.9 Å². The lowest BCUT2D eigenvalue weighted by Crippen LogP contribution is -2.26. The summed E-state index contributed by atoms with van der Waals surface area (Å²) >= 11 is 1.17. The van der Waals surface area contributed by atoms with Gasteiger partial charge in [0.05, 0.1) is 21.7 Å². The first kappa shape index (κ1) is 24.6. The van der Waals surface area contributed by atoms with Gasteiger partial charge in [-0.05, 0) is 56.7 Å². The molecule has 0 aliphatic heterocycles. The summed E-state index contributed by atoms with van der Waals surface area (Å²) in [6, 6.07) is 4.40. The Hall–Kier alpha value is -2.04. The number of primary sulfonamides is 1. The maximum Gasteiger partial charge on any atom is 0.326 e. The molecule has 1 aromatic heterocycles. The quantitative estimate of drug-likeness (QED) is 0.580. The minimum absolute atomic E-state index is 0.0298. The monoisotopic (exact) mass is 481 g/mol. The van der Waals surface area contributed by atoms with Crippen molar-refractivity contribution in [1.29, 1.82) is 0 Å². The lowest BCUT2D eigenvalue weighted by atomic mass is 9.79. The van der Waals surface area contributed by atoms with Gasteiger partial charge >= 0.3 is 5.97 Å². The highest BCUT2D eigenvalue weighted by molar-refractivity contribution is 7.89. The molecule has 2 aromatic rings. The molecule has 0 bridgehead atoms. The van der Waals surface area contributed by atoms with Gasteiger partial charge < -0.3 is 9.30 Å². The lowest BCUT2D eigenvalue weighted by molar-refractivity contribution is -0.143. The highest BCUT2D eigenvalue weighted by Crippen LogP contribution is 2.32. The fraction of sp³-hybridized carbons (Fsp3) is 0.591. The minimum atomic E-state index is -3.87. The number of ether oxygens (including phenoxy) is 1. The van der Waals surface area contributed by atoms with E-state index in [1.807, 2.05) is 0 Å². The zero-order valence-corrected chi connectivity index (χ0v) is 20.2. The fourth-order valence-electron chi connectivity index (χ4n) is 4.18. The van der Waals surface area contributed by atoms with Gasteiger partial charge in [-0.25, -0.2) is 13.6 Å².